The molecule has 2 N–H and O–H groups in total. The Balaban J connectivity index is 2.16. The van der Waals surface area contributed by atoms with Crippen molar-refractivity contribution in [2.45, 2.75) is 44.4 Å². The van der Waals surface area contributed by atoms with Gasteiger partial charge in [-0.2, -0.15) is 0 Å². The Morgan fingerprint density at radius 2 is 2.27 bits per heavy atom. The van der Waals surface area contributed by atoms with Gasteiger partial charge in [-0.1, -0.05) is 25.1 Å². The highest BCUT2D eigenvalue weighted by atomic mass is 16.1. The van der Waals surface area contributed by atoms with Crippen molar-refractivity contribution in [3.63, 3.8) is 0 Å². The molecule has 1 aromatic carbocycles. The van der Waals surface area contributed by atoms with Gasteiger partial charge < -0.3 is 10.3 Å². The van der Waals surface area contributed by atoms with Crippen LogP contribution in [0.3, 0.4) is 0 Å². The van der Waals surface area contributed by atoms with Crippen LogP contribution in [0.5, 0.6) is 0 Å². The fourth-order valence-corrected chi connectivity index (χ4v) is 3.68. The van der Waals surface area contributed by atoms with Crippen molar-refractivity contribution < 1.29 is 4.79 Å². The Kier molecular flexibility index (Phi) is 4.06. The number of carbonyl (C=O) groups excluding carboxylic acids is 1. The lowest BCUT2D eigenvalue weighted by molar-refractivity contribution is -0.120. The monoisotopic (exact) mass is 296 g/mol. The van der Waals surface area contributed by atoms with Crippen LogP contribution in [0.25, 0.3) is 10.9 Å². The van der Waals surface area contributed by atoms with Crippen molar-refractivity contribution >= 4 is 16.8 Å². The van der Waals surface area contributed by atoms with E-state index < -0.39 is 0 Å². The second-order valence-electron chi connectivity index (χ2n) is 6.32. The van der Waals surface area contributed by atoms with Crippen LogP contribution >= 0.6 is 0 Å². The molecule has 22 heavy (non-hydrogen) atoms. The molecular formula is C19H24N2O. The van der Waals surface area contributed by atoms with Crippen LogP contribution in [0.15, 0.2) is 36.9 Å². The number of hydrogen-bond acceptors (Lipinski definition) is 1. The minimum Gasteiger partial charge on any atom is -0.358 e. The molecule has 0 spiro atoms. The van der Waals surface area contributed by atoms with Crippen LogP contribution in [0.2, 0.25) is 0 Å². The third-order valence-corrected chi connectivity index (χ3v) is 5.04. The Bertz CT molecular complexity index is 701. The van der Waals surface area contributed by atoms with E-state index in [0.717, 1.165) is 43.3 Å². The number of rotatable bonds is 3. The highest BCUT2D eigenvalue weighted by molar-refractivity contribution is 5.89. The molecule has 3 nitrogen and oxygen atoms in total. The van der Waals surface area contributed by atoms with Gasteiger partial charge in [0.1, 0.15) is 0 Å². The number of carbonyl (C=O) groups is 1. The molecule has 116 valence electrons. The first-order valence-electron chi connectivity index (χ1n) is 8.17. The Hall–Kier alpha value is -2.03. The van der Waals surface area contributed by atoms with E-state index in [9.17, 15) is 4.79 Å². The Morgan fingerprint density at radius 3 is 3.05 bits per heavy atom. The van der Waals surface area contributed by atoms with Crippen LogP contribution < -0.4 is 5.32 Å². The highest BCUT2D eigenvalue weighted by Gasteiger charge is 2.31. The average molecular weight is 296 g/mol. The van der Waals surface area contributed by atoms with E-state index in [-0.39, 0.29) is 11.3 Å². The second kappa shape index (κ2) is 5.99. The normalized spacial score (nSPS) is 22.3. The lowest BCUT2D eigenvalue weighted by Crippen LogP contribution is -2.29. The summed E-state index contributed by atoms with van der Waals surface area (Å²) in [6, 6.07) is 8.44. The fraction of sp³-hybridized carbons (Fsp3) is 0.421. The molecule has 0 radical (unpaired) electrons. The van der Waals surface area contributed by atoms with E-state index in [1.165, 1.54) is 11.1 Å². The van der Waals surface area contributed by atoms with Gasteiger partial charge in [0.25, 0.3) is 0 Å². The molecule has 0 saturated carbocycles. The van der Waals surface area contributed by atoms with E-state index in [2.05, 4.69) is 42.0 Å². The maximum Gasteiger partial charge on any atom is 0.224 e. The van der Waals surface area contributed by atoms with E-state index >= 15 is 0 Å². The molecular weight excluding hydrogens is 272 g/mol. The van der Waals surface area contributed by atoms with Gasteiger partial charge in [0.2, 0.25) is 5.91 Å². The standard InChI is InChI=1S/C19H24N2O/c1-3-9-19(4-2)10-6-11-20-18(22)12-14-7-5-8-16-15(14)13-17(19)21-16/h3,5,7-8,13,21H,1,4,6,9-12H2,2H3,(H,20,22)/t19-/m1/s1. The van der Waals surface area contributed by atoms with Crippen LogP contribution in [0.1, 0.15) is 43.9 Å². The number of aromatic amines is 1. The molecule has 1 aromatic heterocycles. The molecule has 0 fully saturated rings. The number of hydrogen-bond donors (Lipinski definition) is 2. The van der Waals surface area contributed by atoms with E-state index in [1.807, 2.05) is 12.1 Å². The molecule has 1 aliphatic rings. The molecule has 2 heterocycles. The molecule has 0 unspecified atom stereocenters. The van der Waals surface area contributed by atoms with Crippen LogP contribution in [-0.4, -0.2) is 17.4 Å². The summed E-state index contributed by atoms with van der Waals surface area (Å²) in [6.45, 7) is 6.95. The van der Waals surface area contributed by atoms with Crippen LogP contribution in [-0.2, 0) is 16.6 Å². The Morgan fingerprint density at radius 1 is 1.41 bits per heavy atom. The SMILES string of the molecule is C=CC[C@]1(CC)CCCNC(=O)Cc2cccc3[nH]c1cc23. The smallest absolute Gasteiger partial charge is 0.224 e. The zero-order chi connectivity index (χ0) is 15.6. The van der Waals surface area contributed by atoms with E-state index in [0.29, 0.717) is 6.42 Å². The topological polar surface area (TPSA) is 44.9 Å². The fourth-order valence-electron chi connectivity index (χ4n) is 3.68. The second-order valence-corrected chi connectivity index (χ2v) is 6.32. The predicted octanol–water partition coefficient (Wildman–Crippen LogP) is 3.84. The summed E-state index contributed by atoms with van der Waals surface area (Å²) in [4.78, 5) is 15.7. The minimum absolute atomic E-state index is 0.0904. The predicted molar refractivity (Wildman–Crippen MR) is 91.0 cm³/mol. The number of benzene rings is 1. The summed E-state index contributed by atoms with van der Waals surface area (Å²) in [7, 11) is 0. The molecule has 2 bridgehead atoms. The third-order valence-electron chi connectivity index (χ3n) is 5.04. The van der Waals surface area contributed by atoms with Gasteiger partial charge in [0.15, 0.2) is 0 Å². The minimum atomic E-state index is 0.0904. The molecule has 1 atom stereocenters. The van der Waals surface area contributed by atoms with Crippen molar-refractivity contribution in [2.75, 3.05) is 6.54 Å². The first-order valence-corrected chi connectivity index (χ1v) is 8.17. The molecule has 0 saturated heterocycles. The number of allylic oxidation sites excluding steroid dienone is 1. The van der Waals surface area contributed by atoms with Gasteiger partial charge >= 0.3 is 0 Å². The molecule has 3 rings (SSSR count). The van der Waals surface area contributed by atoms with Crippen molar-refractivity contribution in [2.24, 2.45) is 0 Å². The molecule has 3 heteroatoms. The summed E-state index contributed by atoms with van der Waals surface area (Å²) < 4.78 is 0. The molecule has 1 amide bonds. The zero-order valence-electron chi connectivity index (χ0n) is 13.2. The van der Waals surface area contributed by atoms with Gasteiger partial charge in [0, 0.05) is 28.6 Å². The van der Waals surface area contributed by atoms with Crippen molar-refractivity contribution in [1.82, 2.24) is 10.3 Å². The van der Waals surface area contributed by atoms with Crippen molar-refractivity contribution in [1.29, 1.82) is 0 Å². The number of fused-ring (bicyclic) bond motifs is 1. The van der Waals surface area contributed by atoms with Crippen LogP contribution in [0.4, 0.5) is 0 Å². The number of amides is 1. The van der Waals surface area contributed by atoms with Gasteiger partial charge in [-0.25, -0.2) is 0 Å². The zero-order valence-corrected chi connectivity index (χ0v) is 13.2. The molecule has 0 aliphatic carbocycles. The summed E-state index contributed by atoms with van der Waals surface area (Å²) in [6.07, 6.45) is 6.54. The highest BCUT2D eigenvalue weighted by Crippen LogP contribution is 2.38. The molecule has 2 aromatic rings. The summed E-state index contributed by atoms with van der Waals surface area (Å²) in [5.74, 6) is 0.114. The summed E-state index contributed by atoms with van der Waals surface area (Å²) >= 11 is 0. The first-order chi connectivity index (χ1) is 10.7. The first kappa shape index (κ1) is 14.9. The maximum atomic E-state index is 12.1. The van der Waals surface area contributed by atoms with Gasteiger partial charge in [-0.3, -0.25) is 4.79 Å². The van der Waals surface area contributed by atoms with E-state index in [1.54, 1.807) is 0 Å². The van der Waals surface area contributed by atoms with Gasteiger partial charge in [0.05, 0.1) is 6.42 Å². The number of nitrogens with one attached hydrogen (secondary N) is 2. The maximum absolute atomic E-state index is 12.1. The van der Waals surface area contributed by atoms with Crippen molar-refractivity contribution in [3.05, 3.63) is 48.2 Å². The lowest BCUT2D eigenvalue weighted by Gasteiger charge is -2.31. The van der Waals surface area contributed by atoms with Gasteiger partial charge in [-0.05, 0) is 43.4 Å². The molecule has 1 aliphatic heterocycles. The average Bonchev–Trinajstić information content (AvgIpc) is 2.95. The van der Waals surface area contributed by atoms with Crippen LogP contribution in [0, 0.1) is 0 Å². The number of H-pyrrole nitrogens is 1. The van der Waals surface area contributed by atoms with E-state index in [4.69, 9.17) is 0 Å². The summed E-state index contributed by atoms with van der Waals surface area (Å²) in [5, 5.41) is 4.23. The number of aromatic nitrogens is 1. The quantitative estimate of drug-likeness (QED) is 0.830. The largest absolute Gasteiger partial charge is 0.358 e. The lowest BCUT2D eigenvalue weighted by atomic mass is 9.75. The van der Waals surface area contributed by atoms with Crippen molar-refractivity contribution in [3.8, 4) is 0 Å². The Labute approximate surface area is 131 Å². The summed E-state index contributed by atoms with van der Waals surface area (Å²) in [5.41, 5.74) is 3.60. The third kappa shape index (κ3) is 2.56. The van der Waals surface area contributed by atoms with Gasteiger partial charge in [-0.15, -0.1) is 6.58 Å².